The summed E-state index contributed by atoms with van der Waals surface area (Å²) >= 11 is 3.34. The van der Waals surface area contributed by atoms with Crippen molar-refractivity contribution in [3.05, 3.63) is 56.8 Å². The fraction of sp³-hybridized carbons (Fsp3) is 0.520. The second-order valence-electron chi connectivity index (χ2n) is 10.9. The van der Waals surface area contributed by atoms with Crippen molar-refractivity contribution in [1.82, 2.24) is 34.6 Å². The number of aromatic nitrogens is 5. The van der Waals surface area contributed by atoms with Gasteiger partial charge in [-0.2, -0.15) is 0 Å². The molecule has 2 N–H and O–H groups in total. The van der Waals surface area contributed by atoms with Crippen LogP contribution in [0.3, 0.4) is 0 Å². The number of likely N-dealkylation sites (tertiary alicyclic amines) is 1. The Morgan fingerprint density at radius 1 is 1.24 bits per heavy atom. The molecule has 3 aromatic rings. The molecule has 12 heteroatoms. The van der Waals surface area contributed by atoms with E-state index in [9.17, 15) is 19.5 Å². The molecule has 0 aromatic carbocycles. The van der Waals surface area contributed by atoms with Gasteiger partial charge in [-0.15, -0.1) is 5.10 Å². The molecule has 4 heterocycles. The minimum atomic E-state index is -0.851. The zero-order chi connectivity index (χ0) is 26.5. The topological polar surface area (TPSA) is 135 Å². The van der Waals surface area contributed by atoms with Crippen molar-refractivity contribution < 1.29 is 14.7 Å². The third-order valence-corrected chi connectivity index (χ3v) is 7.30. The summed E-state index contributed by atoms with van der Waals surface area (Å²) in [6, 6.07) is 3.31. The third-order valence-electron chi connectivity index (χ3n) is 6.83. The molecular weight excluding hydrogens is 542 g/mol. The Labute approximate surface area is 222 Å². The summed E-state index contributed by atoms with van der Waals surface area (Å²) in [6.07, 6.45) is 4.91. The van der Waals surface area contributed by atoms with Gasteiger partial charge in [0.15, 0.2) is 0 Å². The average molecular weight is 572 g/mol. The largest absolute Gasteiger partial charge is 0.391 e. The van der Waals surface area contributed by atoms with E-state index in [0.717, 1.165) is 23.0 Å². The molecule has 2 aliphatic rings. The summed E-state index contributed by atoms with van der Waals surface area (Å²) in [4.78, 5) is 45.4. The maximum Gasteiger partial charge on any atom is 0.258 e. The number of nitrogens with one attached hydrogen (secondary N) is 1. The highest BCUT2D eigenvalue weighted by Crippen LogP contribution is 2.40. The van der Waals surface area contributed by atoms with Crippen LogP contribution in [0.1, 0.15) is 63.4 Å². The van der Waals surface area contributed by atoms with Gasteiger partial charge in [0.25, 0.3) is 5.56 Å². The zero-order valence-corrected chi connectivity index (χ0v) is 22.6. The number of fused-ring (bicyclic) bond motifs is 1. The number of nitrogens with zero attached hydrogens (tertiary/aromatic N) is 6. The van der Waals surface area contributed by atoms with E-state index in [1.165, 1.54) is 15.4 Å². The number of aliphatic hydroxyl groups excluding tert-OH is 1. The summed E-state index contributed by atoms with van der Waals surface area (Å²) in [6.45, 7) is 5.90. The Morgan fingerprint density at radius 2 is 2.00 bits per heavy atom. The van der Waals surface area contributed by atoms with Crippen molar-refractivity contribution in [3.8, 4) is 0 Å². The normalized spacial score (nSPS) is 20.8. The van der Waals surface area contributed by atoms with Gasteiger partial charge in [-0.3, -0.25) is 18.8 Å². The molecule has 0 bridgehead atoms. The molecule has 1 aliphatic carbocycles. The molecule has 0 radical (unpaired) electrons. The number of amides is 2. The quantitative estimate of drug-likeness (QED) is 0.460. The predicted octanol–water partition coefficient (Wildman–Crippen LogP) is 1.79. The number of hydrogen-bond donors (Lipinski definition) is 2. The number of rotatable bonds is 6. The van der Waals surface area contributed by atoms with Crippen LogP contribution in [0.5, 0.6) is 0 Å². The Kier molecular flexibility index (Phi) is 6.65. The van der Waals surface area contributed by atoms with Crippen LogP contribution in [-0.2, 0) is 16.1 Å². The molecular formula is C25H30BrN7O4. The second kappa shape index (κ2) is 9.64. The van der Waals surface area contributed by atoms with Crippen molar-refractivity contribution in [2.24, 2.45) is 5.41 Å². The van der Waals surface area contributed by atoms with Gasteiger partial charge in [-0.05, 0) is 46.3 Å². The Bertz CT molecular complexity index is 1410. The standard InChI is InChI=1S/C25H30BrN7O4/c1-25(2,3)22(33-13-18(29-30-33)14-4-5-14)24(37)31-12-17(34)9-19(31)23(36)27-10-16-8-21(35)32-11-15(26)6-7-20(32)28-16/h6-8,11,13-14,17,19,22,34H,4-5,9-10,12H2,1-3H3,(H,27,36)/t17-,19+,22-/m1/s1. The first-order chi connectivity index (χ1) is 17.5. The third kappa shape index (κ3) is 5.30. The van der Waals surface area contributed by atoms with E-state index in [-0.39, 0.29) is 31.0 Å². The van der Waals surface area contributed by atoms with Gasteiger partial charge in [0.05, 0.1) is 24.0 Å². The van der Waals surface area contributed by atoms with E-state index in [2.05, 4.69) is 36.5 Å². The van der Waals surface area contributed by atoms with E-state index in [0.29, 0.717) is 17.3 Å². The molecule has 3 atom stereocenters. The minimum Gasteiger partial charge on any atom is -0.391 e. The summed E-state index contributed by atoms with van der Waals surface area (Å²) in [5, 5.41) is 21.7. The molecule has 2 fully saturated rings. The van der Waals surface area contributed by atoms with E-state index in [4.69, 9.17) is 0 Å². The lowest BCUT2D eigenvalue weighted by Crippen LogP contribution is -2.50. The number of aliphatic hydroxyl groups is 1. The average Bonchev–Trinajstić information content (AvgIpc) is 3.44. The highest BCUT2D eigenvalue weighted by atomic mass is 79.9. The lowest BCUT2D eigenvalue weighted by molar-refractivity contribution is -0.144. The summed E-state index contributed by atoms with van der Waals surface area (Å²) in [7, 11) is 0. The smallest absolute Gasteiger partial charge is 0.258 e. The van der Waals surface area contributed by atoms with Crippen LogP contribution in [0.15, 0.2) is 39.9 Å². The number of halogens is 1. The number of β-amino-alcohol motifs (C(OH)–C–C–N with tert-alkyl or cyclic N) is 1. The molecule has 2 amide bonds. The molecule has 3 aromatic heterocycles. The number of carbonyl (C=O) groups is 2. The van der Waals surface area contributed by atoms with Crippen molar-refractivity contribution >= 4 is 33.4 Å². The molecule has 1 saturated heterocycles. The molecule has 5 rings (SSSR count). The van der Waals surface area contributed by atoms with E-state index < -0.39 is 29.5 Å². The number of hydrogen-bond acceptors (Lipinski definition) is 7. The Morgan fingerprint density at radius 3 is 2.70 bits per heavy atom. The SMILES string of the molecule is CC(C)(C)[C@@H](C(=O)N1C[C@H](O)C[C@H]1C(=O)NCc1cc(=O)n2cc(Br)ccc2n1)n1cc(C2CC2)nn1. The van der Waals surface area contributed by atoms with Crippen LogP contribution in [0.4, 0.5) is 0 Å². The van der Waals surface area contributed by atoms with Gasteiger partial charge >= 0.3 is 0 Å². The predicted molar refractivity (Wildman–Crippen MR) is 138 cm³/mol. The van der Waals surface area contributed by atoms with Crippen molar-refractivity contribution in [3.63, 3.8) is 0 Å². The van der Waals surface area contributed by atoms with Crippen LogP contribution in [0.25, 0.3) is 5.65 Å². The van der Waals surface area contributed by atoms with Gasteiger partial charge in [0, 0.05) is 41.8 Å². The Balaban J connectivity index is 1.33. The van der Waals surface area contributed by atoms with Crippen LogP contribution >= 0.6 is 15.9 Å². The van der Waals surface area contributed by atoms with Crippen LogP contribution in [-0.4, -0.2) is 64.9 Å². The minimum absolute atomic E-state index is 0.0196. The maximum absolute atomic E-state index is 13.8. The van der Waals surface area contributed by atoms with Crippen molar-refractivity contribution in [2.75, 3.05) is 6.54 Å². The van der Waals surface area contributed by atoms with Gasteiger partial charge in [-0.25, -0.2) is 9.67 Å². The maximum atomic E-state index is 13.8. The van der Waals surface area contributed by atoms with Crippen LogP contribution in [0, 0.1) is 5.41 Å². The first-order valence-corrected chi connectivity index (χ1v) is 13.2. The fourth-order valence-electron chi connectivity index (χ4n) is 4.84. The lowest BCUT2D eigenvalue weighted by Gasteiger charge is -2.34. The summed E-state index contributed by atoms with van der Waals surface area (Å²) < 4.78 is 3.76. The second-order valence-corrected chi connectivity index (χ2v) is 11.9. The first-order valence-electron chi connectivity index (χ1n) is 12.4. The lowest BCUT2D eigenvalue weighted by atomic mass is 9.85. The van der Waals surface area contributed by atoms with Crippen LogP contribution < -0.4 is 10.9 Å². The highest BCUT2D eigenvalue weighted by Gasteiger charge is 2.45. The Hall–Kier alpha value is -3.12. The zero-order valence-electron chi connectivity index (χ0n) is 21.0. The van der Waals surface area contributed by atoms with E-state index in [1.807, 2.05) is 27.0 Å². The first kappa shape index (κ1) is 25.5. The summed E-state index contributed by atoms with van der Waals surface area (Å²) in [5.74, 6) is -0.299. The van der Waals surface area contributed by atoms with Gasteiger partial charge < -0.3 is 15.3 Å². The van der Waals surface area contributed by atoms with Crippen molar-refractivity contribution in [2.45, 2.75) is 70.7 Å². The number of pyridine rings is 1. The van der Waals surface area contributed by atoms with Gasteiger partial charge in [0.1, 0.15) is 17.7 Å². The number of carbonyl (C=O) groups excluding carboxylic acids is 2. The molecule has 1 saturated carbocycles. The summed E-state index contributed by atoms with van der Waals surface area (Å²) in [5.41, 5.74) is 0.963. The van der Waals surface area contributed by atoms with E-state index >= 15 is 0 Å². The highest BCUT2D eigenvalue weighted by molar-refractivity contribution is 9.10. The van der Waals surface area contributed by atoms with Gasteiger partial charge in [-0.1, -0.05) is 26.0 Å². The monoisotopic (exact) mass is 571 g/mol. The van der Waals surface area contributed by atoms with Crippen LogP contribution in [0.2, 0.25) is 0 Å². The fourth-order valence-corrected chi connectivity index (χ4v) is 5.18. The molecule has 11 nitrogen and oxygen atoms in total. The molecule has 37 heavy (non-hydrogen) atoms. The molecule has 0 unspecified atom stereocenters. The van der Waals surface area contributed by atoms with E-state index in [1.54, 1.807) is 23.0 Å². The van der Waals surface area contributed by atoms with Gasteiger partial charge in [0.2, 0.25) is 11.8 Å². The molecule has 196 valence electrons. The molecule has 0 spiro atoms. The molecule has 1 aliphatic heterocycles. The van der Waals surface area contributed by atoms with Crippen molar-refractivity contribution in [1.29, 1.82) is 0 Å².